The second-order valence-electron chi connectivity index (χ2n) is 4.16. The lowest BCUT2D eigenvalue weighted by Gasteiger charge is -2.10. The number of hydrogen-bond acceptors (Lipinski definition) is 1. The standard InChI is InChI=1S/C15H14BrClO/c1-11-3-2-4-12(7-11)10-18-15-6-5-14(16)8-13(15)9-17/h2-8H,9-10H2,1H3. The van der Waals surface area contributed by atoms with Gasteiger partial charge in [0.1, 0.15) is 12.4 Å². The topological polar surface area (TPSA) is 9.23 Å². The average Bonchev–Trinajstić information content (AvgIpc) is 2.37. The van der Waals surface area contributed by atoms with Crippen molar-refractivity contribution in [3.05, 3.63) is 63.6 Å². The predicted octanol–water partition coefficient (Wildman–Crippen LogP) is 5.08. The Morgan fingerprint density at radius 2 is 2.00 bits per heavy atom. The fourth-order valence-corrected chi connectivity index (χ4v) is 2.37. The lowest BCUT2D eigenvalue weighted by molar-refractivity contribution is 0.303. The summed E-state index contributed by atoms with van der Waals surface area (Å²) in [7, 11) is 0. The Kier molecular flexibility index (Phi) is 4.67. The number of alkyl halides is 1. The van der Waals surface area contributed by atoms with Gasteiger partial charge in [-0.3, -0.25) is 0 Å². The fourth-order valence-electron chi connectivity index (χ4n) is 1.76. The lowest BCUT2D eigenvalue weighted by atomic mass is 10.1. The van der Waals surface area contributed by atoms with E-state index >= 15 is 0 Å². The van der Waals surface area contributed by atoms with Crippen molar-refractivity contribution in [3.63, 3.8) is 0 Å². The smallest absolute Gasteiger partial charge is 0.124 e. The first-order valence-corrected chi connectivity index (χ1v) is 7.04. The van der Waals surface area contributed by atoms with Gasteiger partial charge in [-0.2, -0.15) is 0 Å². The molecule has 0 amide bonds. The van der Waals surface area contributed by atoms with Crippen LogP contribution in [-0.2, 0) is 12.5 Å². The molecule has 0 aliphatic rings. The monoisotopic (exact) mass is 324 g/mol. The van der Waals surface area contributed by atoms with E-state index in [1.807, 2.05) is 24.3 Å². The molecule has 0 radical (unpaired) electrons. The van der Waals surface area contributed by atoms with Crippen LogP contribution in [0.4, 0.5) is 0 Å². The molecule has 0 aliphatic carbocycles. The zero-order valence-corrected chi connectivity index (χ0v) is 12.5. The highest BCUT2D eigenvalue weighted by Gasteiger charge is 2.04. The molecule has 0 aromatic heterocycles. The minimum Gasteiger partial charge on any atom is -0.489 e. The second-order valence-corrected chi connectivity index (χ2v) is 5.35. The maximum absolute atomic E-state index is 5.91. The summed E-state index contributed by atoms with van der Waals surface area (Å²) in [5.74, 6) is 1.29. The van der Waals surface area contributed by atoms with Crippen LogP contribution in [0.1, 0.15) is 16.7 Å². The molecule has 0 N–H and O–H groups in total. The molecule has 2 aromatic rings. The van der Waals surface area contributed by atoms with Gasteiger partial charge >= 0.3 is 0 Å². The van der Waals surface area contributed by atoms with Crippen molar-refractivity contribution in [2.24, 2.45) is 0 Å². The Balaban J connectivity index is 2.10. The minimum atomic E-state index is 0.447. The third-order valence-electron chi connectivity index (χ3n) is 2.64. The van der Waals surface area contributed by atoms with Crippen LogP contribution in [0.25, 0.3) is 0 Å². The van der Waals surface area contributed by atoms with Crippen LogP contribution in [0.5, 0.6) is 5.75 Å². The summed E-state index contributed by atoms with van der Waals surface area (Å²) in [6.45, 7) is 2.64. The molecular weight excluding hydrogens is 312 g/mol. The maximum Gasteiger partial charge on any atom is 0.124 e. The highest BCUT2D eigenvalue weighted by Crippen LogP contribution is 2.25. The third kappa shape index (κ3) is 3.50. The minimum absolute atomic E-state index is 0.447. The molecule has 0 aliphatic heterocycles. The first-order chi connectivity index (χ1) is 8.69. The molecule has 0 saturated carbocycles. The van der Waals surface area contributed by atoms with Crippen LogP contribution in [0.2, 0.25) is 0 Å². The summed E-state index contributed by atoms with van der Waals surface area (Å²) in [5, 5.41) is 0. The largest absolute Gasteiger partial charge is 0.489 e. The molecule has 0 bridgehead atoms. The summed E-state index contributed by atoms with van der Waals surface area (Å²) in [5.41, 5.74) is 3.40. The first kappa shape index (κ1) is 13.4. The van der Waals surface area contributed by atoms with Gasteiger partial charge in [0.15, 0.2) is 0 Å². The summed E-state index contributed by atoms with van der Waals surface area (Å²) in [4.78, 5) is 0. The molecular formula is C15H14BrClO. The second kappa shape index (κ2) is 6.26. The Morgan fingerprint density at radius 1 is 1.17 bits per heavy atom. The predicted molar refractivity (Wildman–Crippen MR) is 79.2 cm³/mol. The van der Waals surface area contributed by atoms with Crippen molar-refractivity contribution in [2.45, 2.75) is 19.4 Å². The Morgan fingerprint density at radius 3 is 2.72 bits per heavy atom. The van der Waals surface area contributed by atoms with Crippen LogP contribution < -0.4 is 4.74 Å². The Hall–Kier alpha value is -0.990. The van der Waals surface area contributed by atoms with Gasteiger partial charge in [0.2, 0.25) is 0 Å². The summed E-state index contributed by atoms with van der Waals surface area (Å²) < 4.78 is 6.83. The highest BCUT2D eigenvalue weighted by molar-refractivity contribution is 9.10. The van der Waals surface area contributed by atoms with Crippen LogP contribution in [0.3, 0.4) is 0 Å². The lowest BCUT2D eigenvalue weighted by Crippen LogP contribution is -1.98. The molecule has 0 heterocycles. The molecule has 0 atom stereocenters. The van der Waals surface area contributed by atoms with Gasteiger partial charge in [-0.15, -0.1) is 11.6 Å². The third-order valence-corrected chi connectivity index (χ3v) is 3.42. The Bertz CT molecular complexity index is 540. The molecule has 2 rings (SSSR count). The van der Waals surface area contributed by atoms with Gasteiger partial charge in [-0.05, 0) is 30.7 Å². The average molecular weight is 326 g/mol. The summed E-state index contributed by atoms with van der Waals surface area (Å²) in [6, 6.07) is 14.2. The SMILES string of the molecule is Cc1cccc(COc2ccc(Br)cc2CCl)c1. The van der Waals surface area contributed by atoms with Crippen LogP contribution >= 0.6 is 27.5 Å². The Labute approximate surface area is 121 Å². The number of aryl methyl sites for hydroxylation is 1. The summed E-state index contributed by atoms with van der Waals surface area (Å²) >= 11 is 9.34. The molecule has 2 aromatic carbocycles. The van der Waals surface area contributed by atoms with E-state index in [0.29, 0.717) is 12.5 Å². The molecule has 1 nitrogen and oxygen atoms in total. The van der Waals surface area contributed by atoms with E-state index in [0.717, 1.165) is 15.8 Å². The number of hydrogen-bond donors (Lipinski definition) is 0. The summed E-state index contributed by atoms with van der Waals surface area (Å²) in [6.07, 6.45) is 0. The quantitative estimate of drug-likeness (QED) is 0.713. The van der Waals surface area contributed by atoms with Crippen LogP contribution in [0, 0.1) is 6.92 Å². The molecule has 94 valence electrons. The van der Waals surface area contributed by atoms with Crippen molar-refractivity contribution >= 4 is 27.5 Å². The normalized spacial score (nSPS) is 10.4. The number of benzene rings is 2. The number of ether oxygens (including phenoxy) is 1. The van der Waals surface area contributed by atoms with Crippen LogP contribution in [-0.4, -0.2) is 0 Å². The molecule has 18 heavy (non-hydrogen) atoms. The van der Waals surface area contributed by atoms with Gasteiger partial charge in [-0.25, -0.2) is 0 Å². The molecule has 0 saturated heterocycles. The van der Waals surface area contributed by atoms with E-state index in [4.69, 9.17) is 16.3 Å². The van der Waals surface area contributed by atoms with Crippen molar-refractivity contribution in [3.8, 4) is 5.75 Å². The van der Waals surface area contributed by atoms with Crippen molar-refractivity contribution < 1.29 is 4.74 Å². The zero-order chi connectivity index (χ0) is 13.0. The van der Waals surface area contributed by atoms with Crippen molar-refractivity contribution in [2.75, 3.05) is 0 Å². The van der Waals surface area contributed by atoms with Gasteiger partial charge in [0.25, 0.3) is 0 Å². The zero-order valence-electron chi connectivity index (χ0n) is 10.1. The molecule has 0 spiro atoms. The van der Waals surface area contributed by atoms with Gasteiger partial charge in [0.05, 0.1) is 5.88 Å². The van der Waals surface area contributed by atoms with E-state index < -0.39 is 0 Å². The fraction of sp³-hybridized carbons (Fsp3) is 0.200. The van der Waals surface area contributed by atoms with E-state index in [9.17, 15) is 0 Å². The molecule has 3 heteroatoms. The van der Waals surface area contributed by atoms with Gasteiger partial charge in [0, 0.05) is 10.0 Å². The maximum atomic E-state index is 5.91. The van der Waals surface area contributed by atoms with Crippen LogP contribution in [0.15, 0.2) is 46.9 Å². The number of halogens is 2. The van der Waals surface area contributed by atoms with E-state index in [1.54, 1.807) is 0 Å². The van der Waals surface area contributed by atoms with Gasteiger partial charge in [-0.1, -0.05) is 45.8 Å². The number of rotatable bonds is 4. The molecule has 0 unspecified atom stereocenters. The van der Waals surface area contributed by atoms with E-state index in [1.165, 1.54) is 11.1 Å². The van der Waals surface area contributed by atoms with E-state index in [-0.39, 0.29) is 0 Å². The van der Waals surface area contributed by atoms with Gasteiger partial charge < -0.3 is 4.74 Å². The highest BCUT2D eigenvalue weighted by atomic mass is 79.9. The van der Waals surface area contributed by atoms with E-state index in [2.05, 4.69) is 41.1 Å². The first-order valence-electron chi connectivity index (χ1n) is 5.72. The van der Waals surface area contributed by atoms with Crippen molar-refractivity contribution in [1.29, 1.82) is 0 Å². The molecule has 0 fully saturated rings. The van der Waals surface area contributed by atoms with Crippen molar-refractivity contribution in [1.82, 2.24) is 0 Å².